The maximum Gasteiger partial charge on any atom is 0.490 e. The van der Waals surface area contributed by atoms with Crippen LogP contribution in [0.1, 0.15) is 54.0 Å². The molecular formula is C27H31F3N4O3. The predicted octanol–water partition coefficient (Wildman–Crippen LogP) is 5.45. The van der Waals surface area contributed by atoms with Crippen molar-refractivity contribution in [2.75, 3.05) is 11.9 Å². The minimum Gasteiger partial charge on any atom is -0.475 e. The van der Waals surface area contributed by atoms with E-state index in [1.54, 1.807) is 0 Å². The van der Waals surface area contributed by atoms with Gasteiger partial charge in [-0.05, 0) is 50.5 Å². The van der Waals surface area contributed by atoms with E-state index in [-0.39, 0.29) is 18.0 Å². The molecule has 7 nitrogen and oxygen atoms in total. The van der Waals surface area contributed by atoms with E-state index >= 15 is 0 Å². The topological polar surface area (TPSA) is 87.5 Å². The molecule has 0 bridgehead atoms. The van der Waals surface area contributed by atoms with Gasteiger partial charge in [-0.1, -0.05) is 42.5 Å². The maximum absolute atomic E-state index is 13.7. The normalized spacial score (nSPS) is 15.5. The number of aryl methyl sites for hydroxylation is 1. The summed E-state index contributed by atoms with van der Waals surface area (Å²) in [5.74, 6) is -2.75. The Hall–Kier alpha value is -3.66. The van der Waals surface area contributed by atoms with Crippen LogP contribution in [0.25, 0.3) is 0 Å². The van der Waals surface area contributed by atoms with Crippen LogP contribution in [0.5, 0.6) is 0 Å². The van der Waals surface area contributed by atoms with Crippen molar-refractivity contribution in [3.63, 3.8) is 0 Å². The van der Waals surface area contributed by atoms with Gasteiger partial charge in [0, 0.05) is 31.2 Å². The van der Waals surface area contributed by atoms with E-state index in [0.29, 0.717) is 0 Å². The molecule has 1 amide bonds. The van der Waals surface area contributed by atoms with Crippen molar-refractivity contribution in [3.8, 4) is 0 Å². The second-order valence-corrected chi connectivity index (χ2v) is 9.23. The smallest absolute Gasteiger partial charge is 0.475 e. The van der Waals surface area contributed by atoms with Crippen LogP contribution >= 0.6 is 0 Å². The van der Waals surface area contributed by atoms with Gasteiger partial charge in [-0.15, -0.1) is 0 Å². The highest BCUT2D eigenvalue weighted by atomic mass is 19.4. The fourth-order valence-corrected chi connectivity index (χ4v) is 4.23. The molecule has 1 aromatic heterocycles. The van der Waals surface area contributed by atoms with Crippen LogP contribution in [0, 0.1) is 13.8 Å². The summed E-state index contributed by atoms with van der Waals surface area (Å²) < 4.78 is 33.9. The van der Waals surface area contributed by atoms with Gasteiger partial charge in [0.1, 0.15) is 6.04 Å². The zero-order chi connectivity index (χ0) is 27.3. The second-order valence-electron chi connectivity index (χ2n) is 9.23. The van der Waals surface area contributed by atoms with Crippen LogP contribution in [-0.2, 0) is 22.6 Å². The zero-order valence-corrected chi connectivity index (χ0v) is 21.2. The average Bonchev–Trinajstić information content (AvgIpc) is 3.27. The highest BCUT2D eigenvalue weighted by molar-refractivity contribution is 5.96. The number of alkyl halides is 3. The molecule has 1 atom stereocenters. The molecule has 0 saturated heterocycles. The maximum atomic E-state index is 13.7. The number of nitrogens with one attached hydrogen (secondary N) is 1. The van der Waals surface area contributed by atoms with Crippen LogP contribution in [0.15, 0.2) is 54.9 Å². The number of hydrogen-bond acceptors (Lipinski definition) is 4. The Kier molecular flexibility index (Phi) is 8.75. The molecular weight excluding hydrogens is 485 g/mol. The summed E-state index contributed by atoms with van der Waals surface area (Å²) in [6.45, 7) is 9.93. The van der Waals surface area contributed by atoms with E-state index < -0.39 is 12.1 Å². The van der Waals surface area contributed by atoms with E-state index in [1.165, 1.54) is 11.1 Å². The van der Waals surface area contributed by atoms with Crippen LogP contribution in [0.2, 0.25) is 0 Å². The third-order valence-corrected chi connectivity index (χ3v) is 6.31. The first-order valence-corrected chi connectivity index (χ1v) is 11.9. The minimum atomic E-state index is -5.08. The van der Waals surface area contributed by atoms with E-state index in [4.69, 9.17) is 9.90 Å². The molecule has 0 fully saturated rings. The molecule has 1 aliphatic heterocycles. The summed E-state index contributed by atoms with van der Waals surface area (Å²) in [7, 11) is 0. The quantitative estimate of drug-likeness (QED) is 0.471. The number of amides is 1. The highest BCUT2D eigenvalue weighted by Gasteiger charge is 2.38. The number of halogens is 3. The van der Waals surface area contributed by atoms with Crippen LogP contribution < -0.4 is 5.32 Å². The van der Waals surface area contributed by atoms with Crippen LogP contribution in [-0.4, -0.2) is 44.2 Å². The van der Waals surface area contributed by atoms with Gasteiger partial charge in [-0.2, -0.15) is 13.2 Å². The molecule has 0 radical (unpaired) electrons. The zero-order valence-electron chi connectivity index (χ0n) is 21.2. The average molecular weight is 517 g/mol. The number of imidazole rings is 1. The molecule has 2 N–H and O–H groups in total. The lowest BCUT2D eigenvalue weighted by atomic mass is 9.99. The third kappa shape index (κ3) is 6.76. The van der Waals surface area contributed by atoms with Crippen LogP contribution in [0.3, 0.4) is 0 Å². The number of carboxylic acid groups (broad SMARTS) is 1. The Morgan fingerprint density at radius 3 is 2.35 bits per heavy atom. The van der Waals surface area contributed by atoms with Gasteiger partial charge >= 0.3 is 12.1 Å². The number of rotatable bonds is 5. The Balaban J connectivity index is 0.000000479. The SMILES string of the molecule is Cc1cccc(NC(=O)C2c3c(ncn3C(C)C)CCN2Cc2ccccc2)c1C.O=C(O)C(F)(F)F. The van der Waals surface area contributed by atoms with Gasteiger partial charge in [0.05, 0.1) is 17.7 Å². The number of carbonyl (C=O) groups excluding carboxylic acids is 1. The molecule has 1 unspecified atom stereocenters. The second kappa shape index (κ2) is 11.6. The third-order valence-electron chi connectivity index (χ3n) is 6.31. The molecule has 37 heavy (non-hydrogen) atoms. The molecule has 10 heteroatoms. The molecule has 2 heterocycles. The lowest BCUT2D eigenvalue weighted by Crippen LogP contribution is -2.42. The lowest BCUT2D eigenvalue weighted by molar-refractivity contribution is -0.192. The number of aromatic nitrogens is 2. The number of hydrogen-bond donors (Lipinski definition) is 2. The van der Waals surface area contributed by atoms with Crippen LogP contribution in [0.4, 0.5) is 18.9 Å². The molecule has 2 aromatic carbocycles. The molecule has 0 aliphatic carbocycles. The molecule has 0 saturated carbocycles. The van der Waals surface area contributed by atoms with Gasteiger partial charge < -0.3 is 15.0 Å². The molecule has 1 aliphatic rings. The minimum absolute atomic E-state index is 0.00276. The first kappa shape index (κ1) is 27.9. The summed E-state index contributed by atoms with van der Waals surface area (Å²) in [6.07, 6.45) is -2.34. The predicted molar refractivity (Wildman–Crippen MR) is 134 cm³/mol. The standard InChI is InChI=1S/C25H30N4O.C2HF3O2/c1-17(2)29-16-26-22-13-14-28(15-20-10-6-5-7-11-20)24(23(22)29)25(30)27-21-12-8-9-18(3)19(21)4;3-2(4,5)1(6)7/h5-12,16-17,24H,13-15H2,1-4H3,(H,27,30);(H,6,7). The summed E-state index contributed by atoms with van der Waals surface area (Å²) in [6, 6.07) is 16.3. The molecule has 198 valence electrons. The van der Waals surface area contributed by atoms with Crippen molar-refractivity contribution in [2.24, 2.45) is 0 Å². The van der Waals surface area contributed by atoms with E-state index in [2.05, 4.69) is 65.7 Å². The monoisotopic (exact) mass is 516 g/mol. The van der Waals surface area contributed by atoms with Crippen molar-refractivity contribution in [1.29, 1.82) is 0 Å². The number of carboxylic acids is 1. The first-order valence-electron chi connectivity index (χ1n) is 11.9. The number of anilines is 1. The fourth-order valence-electron chi connectivity index (χ4n) is 4.23. The Labute approximate surface area is 213 Å². The number of carbonyl (C=O) groups is 2. The van der Waals surface area contributed by atoms with Gasteiger partial charge in [0.25, 0.3) is 0 Å². The van der Waals surface area contributed by atoms with Crippen molar-refractivity contribution in [1.82, 2.24) is 14.5 Å². The lowest BCUT2D eigenvalue weighted by Gasteiger charge is -2.36. The number of fused-ring (bicyclic) bond motifs is 1. The molecule has 0 spiro atoms. The van der Waals surface area contributed by atoms with Crippen molar-refractivity contribution >= 4 is 17.6 Å². The van der Waals surface area contributed by atoms with E-state index in [9.17, 15) is 18.0 Å². The van der Waals surface area contributed by atoms with E-state index in [1.807, 2.05) is 36.7 Å². The number of nitrogens with zero attached hydrogens (tertiary/aromatic N) is 3. The summed E-state index contributed by atoms with van der Waals surface area (Å²) in [5.41, 5.74) is 6.42. The fraction of sp³-hybridized carbons (Fsp3) is 0.370. The molecule has 4 rings (SSSR count). The summed E-state index contributed by atoms with van der Waals surface area (Å²) >= 11 is 0. The number of benzene rings is 2. The Morgan fingerprint density at radius 1 is 1.11 bits per heavy atom. The van der Waals surface area contributed by atoms with Crippen molar-refractivity contribution < 1.29 is 27.9 Å². The van der Waals surface area contributed by atoms with Crippen molar-refractivity contribution in [3.05, 3.63) is 82.9 Å². The van der Waals surface area contributed by atoms with Gasteiger partial charge in [0.2, 0.25) is 5.91 Å². The van der Waals surface area contributed by atoms with E-state index in [0.717, 1.165) is 42.1 Å². The Bertz CT molecular complexity index is 1240. The number of aliphatic carboxylic acids is 1. The van der Waals surface area contributed by atoms with Crippen molar-refractivity contribution in [2.45, 2.75) is 58.9 Å². The van der Waals surface area contributed by atoms with Gasteiger partial charge in [0.15, 0.2) is 0 Å². The highest BCUT2D eigenvalue weighted by Crippen LogP contribution is 2.34. The Morgan fingerprint density at radius 2 is 1.76 bits per heavy atom. The summed E-state index contributed by atoms with van der Waals surface area (Å²) in [5, 5.41) is 10.3. The largest absolute Gasteiger partial charge is 0.490 e. The summed E-state index contributed by atoms with van der Waals surface area (Å²) in [4.78, 5) is 29.5. The van der Waals surface area contributed by atoms with Gasteiger partial charge in [-0.3, -0.25) is 9.69 Å². The molecule has 3 aromatic rings. The van der Waals surface area contributed by atoms with Gasteiger partial charge in [-0.25, -0.2) is 9.78 Å². The first-order chi connectivity index (χ1) is 17.4.